The summed E-state index contributed by atoms with van der Waals surface area (Å²) in [6, 6.07) is -1.76. The molecule has 4 N–H and O–H groups in total. The van der Waals surface area contributed by atoms with Crippen molar-refractivity contribution in [3.63, 3.8) is 0 Å². The fourth-order valence-corrected chi connectivity index (χ4v) is 0.639. The largest absolute Gasteiger partial charge is 0.467 e. The number of nitrogens with one attached hydrogen (secondary N) is 1. The van der Waals surface area contributed by atoms with E-state index in [4.69, 9.17) is 10.8 Å². The van der Waals surface area contributed by atoms with Crippen LogP contribution in [0.15, 0.2) is 0 Å². The van der Waals surface area contributed by atoms with Crippen LogP contribution in [0, 0.1) is 0 Å². The summed E-state index contributed by atoms with van der Waals surface area (Å²) in [5.41, 5.74) is 5.19. The third-order valence-corrected chi connectivity index (χ3v) is 1.45. The van der Waals surface area contributed by atoms with Crippen molar-refractivity contribution in [1.82, 2.24) is 5.32 Å². The number of carbonyl (C=O) groups excluding carboxylic acids is 2. The van der Waals surface area contributed by atoms with E-state index in [0.29, 0.717) is 0 Å². The van der Waals surface area contributed by atoms with E-state index in [0.717, 1.165) is 0 Å². The molecule has 0 radical (unpaired) electrons. The van der Waals surface area contributed by atoms with Gasteiger partial charge in [0.15, 0.2) is 0 Å². The van der Waals surface area contributed by atoms with Gasteiger partial charge in [-0.15, -0.1) is 0 Å². The average Bonchev–Trinajstić information content (AvgIpc) is 2.14. The van der Waals surface area contributed by atoms with Crippen LogP contribution < -0.4 is 11.1 Å². The Balaban J connectivity index is -0.000000720. The number of amides is 1. The molecule has 1 amide bonds. The Bertz CT molecular complexity index is 201. The third-order valence-electron chi connectivity index (χ3n) is 1.45. The SMILES string of the molecule is C.COC(=O)[C@@H](C)NC(=O)[C@@H](N)CO.[Pd]. The van der Waals surface area contributed by atoms with Crippen LogP contribution in [0.25, 0.3) is 0 Å². The maximum absolute atomic E-state index is 11.0. The van der Waals surface area contributed by atoms with Crippen molar-refractivity contribution < 1.29 is 39.9 Å². The molecule has 6 nitrogen and oxygen atoms in total. The second kappa shape index (κ2) is 10.1. The van der Waals surface area contributed by atoms with E-state index in [1.54, 1.807) is 0 Å². The number of aliphatic hydroxyl groups excluding tert-OH is 1. The first-order valence-electron chi connectivity index (χ1n) is 3.77. The minimum Gasteiger partial charge on any atom is -0.467 e. The van der Waals surface area contributed by atoms with Crippen LogP contribution in [0.2, 0.25) is 0 Å². The van der Waals surface area contributed by atoms with Crippen LogP contribution in [-0.4, -0.2) is 42.8 Å². The van der Waals surface area contributed by atoms with E-state index in [1.807, 2.05) is 0 Å². The van der Waals surface area contributed by atoms with Crippen molar-refractivity contribution in [3.8, 4) is 0 Å². The first-order valence-corrected chi connectivity index (χ1v) is 3.77. The monoisotopic (exact) mass is 312 g/mol. The van der Waals surface area contributed by atoms with Crippen LogP contribution in [0.1, 0.15) is 14.4 Å². The Morgan fingerprint density at radius 3 is 2.33 bits per heavy atom. The normalized spacial score (nSPS) is 12.5. The fraction of sp³-hybridized carbons (Fsp3) is 0.750. The second-order valence-corrected chi connectivity index (χ2v) is 2.54. The smallest absolute Gasteiger partial charge is 0.328 e. The molecule has 0 fully saturated rings. The molecule has 0 bridgehead atoms. The zero-order chi connectivity index (χ0) is 10.4. The first kappa shape index (κ1) is 20.0. The minimum atomic E-state index is -1.01. The molecule has 0 unspecified atom stereocenters. The van der Waals surface area contributed by atoms with E-state index >= 15 is 0 Å². The summed E-state index contributed by atoms with van der Waals surface area (Å²) in [6.45, 7) is 1.01. The molecule has 0 spiro atoms. The van der Waals surface area contributed by atoms with Crippen LogP contribution in [0.5, 0.6) is 0 Å². The van der Waals surface area contributed by atoms with E-state index < -0.39 is 30.6 Å². The summed E-state index contributed by atoms with van der Waals surface area (Å²) < 4.78 is 4.37. The van der Waals surface area contributed by atoms with Crippen molar-refractivity contribution in [2.45, 2.75) is 26.4 Å². The van der Waals surface area contributed by atoms with Gasteiger partial charge in [-0.3, -0.25) is 4.79 Å². The summed E-state index contributed by atoms with van der Waals surface area (Å²) in [5.74, 6) is -1.14. The second-order valence-electron chi connectivity index (χ2n) is 2.54. The standard InChI is InChI=1S/C7H14N2O4.CH4.Pd/c1-4(7(12)13-2)9-6(11)5(8)3-10;;/h4-5,10H,3,8H2,1-2H3,(H,9,11);1H4;/t4-,5+;;/m1../s1. The van der Waals surface area contributed by atoms with Crippen LogP contribution in [-0.2, 0) is 34.7 Å². The van der Waals surface area contributed by atoms with Gasteiger partial charge in [0.2, 0.25) is 5.91 Å². The number of hydrogen-bond donors (Lipinski definition) is 3. The van der Waals surface area contributed by atoms with Gasteiger partial charge in [-0.1, -0.05) is 7.43 Å². The Hall–Kier alpha value is -0.478. The van der Waals surface area contributed by atoms with Gasteiger partial charge in [0.1, 0.15) is 12.1 Å². The van der Waals surface area contributed by atoms with Crippen molar-refractivity contribution in [2.24, 2.45) is 5.73 Å². The van der Waals surface area contributed by atoms with Crippen molar-refractivity contribution in [2.75, 3.05) is 13.7 Å². The van der Waals surface area contributed by atoms with Crippen molar-refractivity contribution in [1.29, 1.82) is 0 Å². The van der Waals surface area contributed by atoms with Crippen molar-refractivity contribution in [3.05, 3.63) is 0 Å². The van der Waals surface area contributed by atoms with Gasteiger partial charge in [0.05, 0.1) is 13.7 Å². The van der Waals surface area contributed by atoms with Gasteiger partial charge in [-0.25, -0.2) is 4.79 Å². The average molecular weight is 313 g/mol. The summed E-state index contributed by atoms with van der Waals surface area (Å²) in [6.07, 6.45) is 0. The molecule has 2 atom stereocenters. The number of methoxy groups -OCH3 is 1. The molecule has 0 aliphatic rings. The Labute approximate surface area is 103 Å². The number of carbonyl (C=O) groups is 2. The molecule has 0 rings (SSSR count). The van der Waals surface area contributed by atoms with Crippen LogP contribution in [0.3, 0.4) is 0 Å². The van der Waals surface area contributed by atoms with E-state index in [-0.39, 0.29) is 27.8 Å². The van der Waals surface area contributed by atoms with E-state index in [9.17, 15) is 9.59 Å². The van der Waals surface area contributed by atoms with E-state index in [2.05, 4.69) is 10.1 Å². The zero-order valence-corrected chi connectivity index (χ0v) is 9.48. The summed E-state index contributed by atoms with van der Waals surface area (Å²) >= 11 is 0. The molecule has 94 valence electrons. The summed E-state index contributed by atoms with van der Waals surface area (Å²) in [7, 11) is 1.22. The topological polar surface area (TPSA) is 102 Å². The van der Waals surface area contributed by atoms with Crippen molar-refractivity contribution >= 4 is 11.9 Å². The van der Waals surface area contributed by atoms with Crippen LogP contribution in [0.4, 0.5) is 0 Å². The summed E-state index contributed by atoms with van der Waals surface area (Å²) in [5, 5.41) is 10.8. The van der Waals surface area contributed by atoms with Crippen LogP contribution >= 0.6 is 0 Å². The van der Waals surface area contributed by atoms with Gasteiger partial charge in [0.25, 0.3) is 0 Å². The number of hydrogen-bond acceptors (Lipinski definition) is 5. The Morgan fingerprint density at radius 2 is 2.00 bits per heavy atom. The molecule has 0 aromatic carbocycles. The maximum Gasteiger partial charge on any atom is 0.328 e. The van der Waals surface area contributed by atoms with E-state index in [1.165, 1.54) is 14.0 Å². The molecule has 0 aliphatic carbocycles. The predicted molar refractivity (Wildman–Crippen MR) is 51.4 cm³/mol. The number of nitrogens with two attached hydrogens (primary N) is 1. The molecule has 7 heteroatoms. The third kappa shape index (κ3) is 7.45. The quantitative estimate of drug-likeness (QED) is 0.438. The molecule has 15 heavy (non-hydrogen) atoms. The first-order chi connectivity index (χ1) is 6.02. The molecule has 0 saturated carbocycles. The van der Waals surface area contributed by atoms with Gasteiger partial charge >= 0.3 is 5.97 Å². The molecular weight excluding hydrogens is 295 g/mol. The molecule has 0 aliphatic heterocycles. The Kier molecular flexibility index (Phi) is 13.4. The number of ether oxygens (including phenoxy) is 1. The number of esters is 1. The molecule has 0 aromatic heterocycles. The van der Waals surface area contributed by atoms with Gasteiger partial charge in [-0.05, 0) is 6.92 Å². The number of rotatable bonds is 4. The van der Waals surface area contributed by atoms with Gasteiger partial charge in [-0.2, -0.15) is 0 Å². The fourth-order valence-electron chi connectivity index (χ4n) is 0.639. The zero-order valence-electron chi connectivity index (χ0n) is 7.93. The predicted octanol–water partition coefficient (Wildman–Crippen LogP) is -1.38. The minimum absolute atomic E-state index is 0. The molecule has 0 aromatic rings. The Morgan fingerprint density at radius 1 is 1.53 bits per heavy atom. The molecular formula is C8H18N2O4Pd. The molecule has 0 saturated heterocycles. The van der Waals surface area contributed by atoms with Gasteiger partial charge in [0, 0.05) is 20.4 Å². The van der Waals surface area contributed by atoms with Gasteiger partial charge < -0.3 is 20.9 Å². The number of aliphatic hydroxyl groups is 1. The molecule has 0 heterocycles. The maximum atomic E-state index is 11.0. The summed E-state index contributed by atoms with van der Waals surface area (Å²) in [4.78, 5) is 21.8.